The average Bonchev–Trinajstić information content (AvgIpc) is 3.28. The maximum atomic E-state index is 12.0. The van der Waals surface area contributed by atoms with Crippen molar-refractivity contribution in [1.82, 2.24) is 5.32 Å². The minimum absolute atomic E-state index is 0.368. The summed E-state index contributed by atoms with van der Waals surface area (Å²) in [5.74, 6) is -0.452. The Morgan fingerprint density at radius 2 is 0.938 bits per heavy atom. The first-order chi connectivity index (χ1) is 30.8. The highest BCUT2D eigenvalue weighted by atomic mass is 16.8. The van der Waals surface area contributed by atoms with Crippen LogP contribution < -0.4 is 5.32 Å². The number of carbonyl (C=O) groups excluding carboxylic acids is 1. The molecular weight excluding hydrogens is 842 g/mol. The molecule has 0 bridgehead atoms. The largest absolute Gasteiger partial charge is 0.394 e. The van der Waals surface area contributed by atoms with Crippen molar-refractivity contribution in [2.45, 2.75) is 240 Å². The summed E-state index contributed by atoms with van der Waals surface area (Å²) in [5, 5.41) is 118. The van der Waals surface area contributed by atoms with Gasteiger partial charge in [0.05, 0.1) is 38.6 Å². The van der Waals surface area contributed by atoms with Crippen LogP contribution in [0, 0.1) is 0 Å². The van der Waals surface area contributed by atoms with Gasteiger partial charge in [-0.3, -0.25) is 4.79 Å². The molecule has 0 radical (unpaired) electrons. The van der Waals surface area contributed by atoms with E-state index in [1.165, 1.54) is 103 Å². The quantitative estimate of drug-likeness (QED) is 0.0319. The summed E-state index contributed by atoms with van der Waals surface area (Å²) in [7, 11) is 0. The molecule has 17 unspecified atom stereocenters. The lowest BCUT2D eigenvalue weighted by Crippen LogP contribution is -2.66. The Hall–Kier alpha value is -1.47. The van der Waals surface area contributed by atoms with E-state index in [4.69, 9.17) is 28.4 Å². The maximum absolute atomic E-state index is 12.0. The summed E-state index contributed by atoms with van der Waals surface area (Å²) in [6, 6.07) is -0.968. The second-order valence-corrected chi connectivity index (χ2v) is 17.7. The van der Waals surface area contributed by atoms with Crippen LogP contribution in [0.4, 0.5) is 0 Å². The Bertz CT molecular complexity index is 1250. The number of unbranched alkanes of at least 4 members (excludes halogenated alkanes) is 18. The molecule has 0 saturated carbocycles. The van der Waals surface area contributed by atoms with Gasteiger partial charge in [-0.15, -0.1) is 0 Å². The normalized spacial score (nSPS) is 34.5. The number of aliphatic hydroxyl groups excluding tert-OH is 11. The number of aliphatic hydroxyl groups is 11. The number of allylic oxidation sites excluding steroid dienone is 1. The van der Waals surface area contributed by atoms with Gasteiger partial charge < -0.3 is 89.9 Å². The predicted molar refractivity (Wildman–Crippen MR) is 231 cm³/mol. The number of carbonyl (C=O) groups is 1. The molecule has 3 saturated heterocycles. The van der Waals surface area contributed by atoms with Gasteiger partial charge in [0.15, 0.2) is 18.9 Å². The summed E-state index contributed by atoms with van der Waals surface area (Å²) in [6.07, 6.45) is 0.616. The fourth-order valence-corrected chi connectivity index (χ4v) is 8.40. The Labute approximate surface area is 378 Å². The van der Waals surface area contributed by atoms with Crippen molar-refractivity contribution in [2.24, 2.45) is 0 Å². The summed E-state index contributed by atoms with van der Waals surface area (Å²) in [4.78, 5) is 12.0. The molecule has 3 rings (SSSR count). The molecule has 3 aliphatic rings. The number of nitrogens with one attached hydrogen (secondary N) is 1. The lowest BCUT2D eigenvalue weighted by Gasteiger charge is -2.48. The molecule has 64 heavy (non-hydrogen) atoms. The SMILES string of the molecule is CCCCCCCCCCCCCCCCCCCC/C=C/C(O)C(COC1OC(CO)C(OC2OC(CO)C(OC3OC(CO)C(O)C(O)C3O)C(O)C2O)C(O)C1O)NC(C)=O. The molecule has 3 aliphatic heterocycles. The molecule has 3 fully saturated rings. The summed E-state index contributed by atoms with van der Waals surface area (Å²) >= 11 is 0. The van der Waals surface area contributed by atoms with Gasteiger partial charge >= 0.3 is 0 Å². The average molecular weight is 926 g/mol. The summed E-state index contributed by atoms with van der Waals surface area (Å²) in [6.45, 7) is 0.740. The monoisotopic (exact) mass is 926 g/mol. The van der Waals surface area contributed by atoms with Crippen LogP contribution in [0.1, 0.15) is 136 Å². The van der Waals surface area contributed by atoms with Crippen LogP contribution in [0.3, 0.4) is 0 Å². The van der Waals surface area contributed by atoms with Crippen LogP contribution in [0.25, 0.3) is 0 Å². The highest BCUT2D eigenvalue weighted by Gasteiger charge is 2.53. The van der Waals surface area contributed by atoms with Gasteiger partial charge in [0.25, 0.3) is 0 Å². The van der Waals surface area contributed by atoms with Gasteiger partial charge in [0.1, 0.15) is 73.2 Å². The van der Waals surface area contributed by atoms with Crippen LogP contribution in [-0.2, 0) is 33.2 Å². The second-order valence-electron chi connectivity index (χ2n) is 17.7. The zero-order valence-corrected chi connectivity index (χ0v) is 38.0. The first-order valence-corrected chi connectivity index (χ1v) is 23.9. The van der Waals surface area contributed by atoms with Crippen LogP contribution in [0.5, 0.6) is 0 Å². The first kappa shape index (κ1) is 56.9. The molecule has 376 valence electrons. The number of rotatable bonds is 32. The smallest absolute Gasteiger partial charge is 0.217 e. The van der Waals surface area contributed by atoms with Crippen molar-refractivity contribution >= 4 is 5.91 Å². The third-order valence-corrected chi connectivity index (χ3v) is 12.4. The van der Waals surface area contributed by atoms with Crippen LogP contribution >= 0.6 is 0 Å². The highest BCUT2D eigenvalue weighted by molar-refractivity contribution is 5.73. The standard InChI is InChI=1S/C45H83NO18/c1-3-4-5-6-7-8-9-10-11-12-13-14-15-16-17-18-19-20-21-22-23-30(51)29(46-28(2)50)27-59-43-39(57)36(54)41(32(25-48)61-43)64-45-40(58)37(55)42(33(26-49)62-45)63-44-38(56)35(53)34(52)31(24-47)60-44/h22-23,29-45,47-49,51-58H,3-21,24-27H2,1-2H3,(H,46,50)/b23-22+. The zero-order chi connectivity index (χ0) is 47.0. The van der Waals surface area contributed by atoms with E-state index in [1.807, 2.05) is 6.08 Å². The minimum Gasteiger partial charge on any atom is -0.394 e. The van der Waals surface area contributed by atoms with E-state index in [0.717, 1.165) is 25.7 Å². The molecule has 0 aliphatic carbocycles. The molecule has 0 aromatic rings. The van der Waals surface area contributed by atoms with Crippen molar-refractivity contribution in [3.05, 3.63) is 12.2 Å². The molecule has 0 spiro atoms. The molecule has 1 amide bonds. The Morgan fingerprint density at radius 1 is 0.547 bits per heavy atom. The molecule has 3 heterocycles. The van der Waals surface area contributed by atoms with Gasteiger partial charge in [-0.05, 0) is 12.8 Å². The summed E-state index contributed by atoms with van der Waals surface area (Å²) in [5.41, 5.74) is 0. The molecular formula is C45H83NO18. The molecule has 0 aromatic carbocycles. The fourth-order valence-electron chi connectivity index (χ4n) is 8.40. The number of hydrogen-bond acceptors (Lipinski definition) is 18. The third kappa shape index (κ3) is 18.6. The molecule has 19 nitrogen and oxygen atoms in total. The highest BCUT2D eigenvalue weighted by Crippen LogP contribution is 2.33. The second kappa shape index (κ2) is 31.6. The number of ether oxygens (including phenoxy) is 6. The van der Waals surface area contributed by atoms with Gasteiger partial charge in [-0.2, -0.15) is 0 Å². The van der Waals surface area contributed by atoms with Crippen molar-refractivity contribution in [2.75, 3.05) is 26.4 Å². The van der Waals surface area contributed by atoms with Gasteiger partial charge in [0, 0.05) is 6.92 Å². The van der Waals surface area contributed by atoms with E-state index in [9.17, 15) is 61.0 Å². The van der Waals surface area contributed by atoms with Gasteiger partial charge in [-0.1, -0.05) is 128 Å². The fraction of sp³-hybridized carbons (Fsp3) is 0.933. The number of amides is 1. The molecule has 0 aromatic heterocycles. The molecule has 12 N–H and O–H groups in total. The van der Waals surface area contributed by atoms with Crippen LogP contribution in [-0.4, -0.2) is 193 Å². The lowest BCUT2D eigenvalue weighted by atomic mass is 9.96. The minimum atomic E-state index is -1.97. The Balaban J connectivity index is 1.39. The third-order valence-electron chi connectivity index (χ3n) is 12.4. The van der Waals surface area contributed by atoms with Gasteiger partial charge in [-0.25, -0.2) is 0 Å². The Kier molecular flexibility index (Phi) is 28.0. The van der Waals surface area contributed by atoms with E-state index >= 15 is 0 Å². The van der Waals surface area contributed by atoms with Crippen molar-refractivity contribution < 1.29 is 89.4 Å². The van der Waals surface area contributed by atoms with Crippen molar-refractivity contribution in [1.29, 1.82) is 0 Å². The molecule has 19 heteroatoms. The lowest BCUT2D eigenvalue weighted by molar-refractivity contribution is -0.379. The van der Waals surface area contributed by atoms with Crippen LogP contribution in [0.2, 0.25) is 0 Å². The van der Waals surface area contributed by atoms with E-state index in [1.54, 1.807) is 6.08 Å². The molecule has 17 atom stereocenters. The van der Waals surface area contributed by atoms with E-state index in [2.05, 4.69) is 12.2 Å². The van der Waals surface area contributed by atoms with Crippen molar-refractivity contribution in [3.8, 4) is 0 Å². The van der Waals surface area contributed by atoms with Gasteiger partial charge in [0.2, 0.25) is 5.91 Å². The zero-order valence-electron chi connectivity index (χ0n) is 38.0. The predicted octanol–water partition coefficient (Wildman–Crippen LogP) is 0.305. The van der Waals surface area contributed by atoms with E-state index in [0.29, 0.717) is 0 Å². The van der Waals surface area contributed by atoms with Crippen LogP contribution in [0.15, 0.2) is 12.2 Å². The Morgan fingerprint density at radius 3 is 1.38 bits per heavy atom. The first-order valence-electron chi connectivity index (χ1n) is 23.9. The van der Waals surface area contributed by atoms with E-state index < -0.39 is 130 Å². The van der Waals surface area contributed by atoms with Crippen molar-refractivity contribution in [3.63, 3.8) is 0 Å². The topological polar surface area (TPSA) is 307 Å². The maximum Gasteiger partial charge on any atom is 0.217 e. The van der Waals surface area contributed by atoms with E-state index in [-0.39, 0.29) is 6.61 Å². The summed E-state index contributed by atoms with van der Waals surface area (Å²) < 4.78 is 33.6. The number of hydrogen-bond donors (Lipinski definition) is 12.